The van der Waals surface area contributed by atoms with Crippen LogP contribution in [-0.4, -0.2) is 54.6 Å². The van der Waals surface area contributed by atoms with Gasteiger partial charge in [-0.25, -0.2) is 4.98 Å². The van der Waals surface area contributed by atoms with Crippen LogP contribution in [0.5, 0.6) is 0 Å². The Kier molecular flexibility index (Phi) is 5.64. The highest BCUT2D eigenvalue weighted by atomic mass is 15.3. The van der Waals surface area contributed by atoms with E-state index in [9.17, 15) is 0 Å². The molecule has 0 saturated carbocycles. The SMILES string of the molecule is CCCCNc1cc(-c2ccccc2)nc(N2CCN(C)CC2)n1. The summed E-state index contributed by atoms with van der Waals surface area (Å²) >= 11 is 0. The number of likely N-dealkylation sites (N-methyl/N-ethyl adjacent to an activating group) is 1. The first-order chi connectivity index (χ1) is 11.8. The first-order valence-electron chi connectivity index (χ1n) is 8.88. The topological polar surface area (TPSA) is 44.3 Å². The Morgan fingerprint density at radius 3 is 2.50 bits per heavy atom. The summed E-state index contributed by atoms with van der Waals surface area (Å²) in [4.78, 5) is 14.2. The van der Waals surface area contributed by atoms with Crippen LogP contribution in [0.3, 0.4) is 0 Å². The van der Waals surface area contributed by atoms with E-state index in [2.05, 4.69) is 59.4 Å². The third kappa shape index (κ3) is 4.23. The minimum atomic E-state index is 0.837. The Bertz CT molecular complexity index is 635. The molecule has 1 aliphatic rings. The lowest BCUT2D eigenvalue weighted by Gasteiger charge is -2.32. The van der Waals surface area contributed by atoms with Crippen LogP contribution in [0.15, 0.2) is 36.4 Å². The van der Waals surface area contributed by atoms with Crippen molar-refractivity contribution < 1.29 is 0 Å². The van der Waals surface area contributed by atoms with Gasteiger partial charge < -0.3 is 15.1 Å². The van der Waals surface area contributed by atoms with Crippen molar-refractivity contribution in [1.82, 2.24) is 14.9 Å². The average molecular weight is 325 g/mol. The summed E-state index contributed by atoms with van der Waals surface area (Å²) in [5, 5.41) is 3.46. The van der Waals surface area contributed by atoms with Gasteiger partial charge in [0.25, 0.3) is 0 Å². The van der Waals surface area contributed by atoms with Crippen molar-refractivity contribution in [3.8, 4) is 11.3 Å². The number of hydrogen-bond donors (Lipinski definition) is 1. The second-order valence-corrected chi connectivity index (χ2v) is 6.38. The van der Waals surface area contributed by atoms with E-state index in [0.29, 0.717) is 0 Å². The van der Waals surface area contributed by atoms with Crippen molar-refractivity contribution in [2.45, 2.75) is 19.8 Å². The van der Waals surface area contributed by atoms with Gasteiger partial charge in [-0.2, -0.15) is 4.98 Å². The third-order valence-electron chi connectivity index (χ3n) is 4.41. The third-order valence-corrected chi connectivity index (χ3v) is 4.41. The van der Waals surface area contributed by atoms with E-state index in [-0.39, 0.29) is 0 Å². The van der Waals surface area contributed by atoms with Crippen LogP contribution in [0.2, 0.25) is 0 Å². The normalized spacial score (nSPS) is 15.5. The number of aromatic nitrogens is 2. The molecule has 1 N–H and O–H groups in total. The van der Waals surface area contributed by atoms with Gasteiger partial charge in [0.05, 0.1) is 5.69 Å². The highest BCUT2D eigenvalue weighted by Crippen LogP contribution is 2.23. The Balaban J connectivity index is 1.87. The molecule has 0 amide bonds. The molecule has 1 aromatic carbocycles. The van der Waals surface area contributed by atoms with Crippen LogP contribution in [0.1, 0.15) is 19.8 Å². The molecular formula is C19H27N5. The lowest BCUT2D eigenvalue weighted by atomic mass is 10.1. The summed E-state index contributed by atoms with van der Waals surface area (Å²) in [7, 11) is 2.16. The number of anilines is 2. The zero-order chi connectivity index (χ0) is 16.8. The van der Waals surface area contributed by atoms with Gasteiger partial charge in [-0.05, 0) is 13.5 Å². The molecule has 5 heteroatoms. The van der Waals surface area contributed by atoms with E-state index in [1.807, 2.05) is 6.07 Å². The van der Waals surface area contributed by atoms with Crippen LogP contribution >= 0.6 is 0 Å². The molecule has 1 aliphatic heterocycles. The Labute approximate surface area is 144 Å². The molecule has 0 bridgehead atoms. The summed E-state index contributed by atoms with van der Waals surface area (Å²) in [5.41, 5.74) is 2.12. The molecule has 1 fully saturated rings. The van der Waals surface area contributed by atoms with Gasteiger partial charge >= 0.3 is 0 Å². The van der Waals surface area contributed by atoms with Crippen molar-refractivity contribution in [2.75, 3.05) is 50.0 Å². The van der Waals surface area contributed by atoms with E-state index in [4.69, 9.17) is 9.97 Å². The minimum absolute atomic E-state index is 0.837. The maximum absolute atomic E-state index is 4.84. The monoisotopic (exact) mass is 325 g/mol. The fourth-order valence-electron chi connectivity index (χ4n) is 2.82. The maximum atomic E-state index is 4.84. The van der Waals surface area contributed by atoms with E-state index < -0.39 is 0 Å². The number of nitrogens with zero attached hydrogens (tertiary/aromatic N) is 4. The molecule has 2 heterocycles. The van der Waals surface area contributed by atoms with Crippen LogP contribution in [0.25, 0.3) is 11.3 Å². The standard InChI is InChI=1S/C19H27N5/c1-3-4-10-20-18-15-17(16-8-6-5-7-9-16)21-19(22-18)24-13-11-23(2)12-14-24/h5-9,15H,3-4,10-14H2,1-2H3,(H,20,21,22). The van der Waals surface area contributed by atoms with Crippen molar-refractivity contribution in [1.29, 1.82) is 0 Å². The van der Waals surface area contributed by atoms with E-state index >= 15 is 0 Å². The molecule has 128 valence electrons. The lowest BCUT2D eigenvalue weighted by Crippen LogP contribution is -2.45. The second-order valence-electron chi connectivity index (χ2n) is 6.38. The van der Waals surface area contributed by atoms with E-state index in [1.54, 1.807) is 0 Å². The number of piperazine rings is 1. The zero-order valence-electron chi connectivity index (χ0n) is 14.7. The van der Waals surface area contributed by atoms with Gasteiger partial charge in [-0.3, -0.25) is 0 Å². The Morgan fingerprint density at radius 2 is 1.79 bits per heavy atom. The van der Waals surface area contributed by atoms with Crippen LogP contribution in [0.4, 0.5) is 11.8 Å². The number of benzene rings is 1. The smallest absolute Gasteiger partial charge is 0.227 e. The molecule has 1 aromatic heterocycles. The molecule has 1 saturated heterocycles. The van der Waals surface area contributed by atoms with Crippen molar-refractivity contribution in [3.63, 3.8) is 0 Å². The number of nitrogens with one attached hydrogen (secondary N) is 1. The fourth-order valence-corrected chi connectivity index (χ4v) is 2.82. The summed E-state index contributed by atoms with van der Waals surface area (Å²) in [6.07, 6.45) is 2.32. The van der Waals surface area contributed by atoms with Gasteiger partial charge in [0.2, 0.25) is 5.95 Å². The molecule has 0 radical (unpaired) electrons. The summed E-state index contributed by atoms with van der Waals surface area (Å²) in [6, 6.07) is 12.4. The van der Waals surface area contributed by atoms with E-state index in [0.717, 1.165) is 62.2 Å². The minimum Gasteiger partial charge on any atom is -0.370 e. The summed E-state index contributed by atoms with van der Waals surface area (Å²) in [6.45, 7) is 7.21. The highest BCUT2D eigenvalue weighted by Gasteiger charge is 2.18. The number of rotatable bonds is 6. The van der Waals surface area contributed by atoms with E-state index in [1.165, 1.54) is 6.42 Å². The second kappa shape index (κ2) is 8.11. The molecule has 0 aliphatic carbocycles. The summed E-state index contributed by atoms with van der Waals surface area (Å²) < 4.78 is 0. The van der Waals surface area contributed by atoms with Crippen molar-refractivity contribution in [2.24, 2.45) is 0 Å². The molecule has 0 atom stereocenters. The van der Waals surface area contributed by atoms with Gasteiger partial charge in [-0.15, -0.1) is 0 Å². The van der Waals surface area contributed by atoms with Crippen molar-refractivity contribution >= 4 is 11.8 Å². The highest BCUT2D eigenvalue weighted by molar-refractivity contribution is 5.64. The molecule has 5 nitrogen and oxygen atoms in total. The maximum Gasteiger partial charge on any atom is 0.227 e. The predicted octanol–water partition coefficient (Wildman–Crippen LogP) is 3.11. The molecule has 0 unspecified atom stereocenters. The molecule has 2 aromatic rings. The number of unbranched alkanes of at least 4 members (excludes halogenated alkanes) is 1. The molecule has 24 heavy (non-hydrogen) atoms. The Morgan fingerprint density at radius 1 is 1.04 bits per heavy atom. The van der Waals surface area contributed by atoms with Gasteiger partial charge in [-0.1, -0.05) is 43.7 Å². The van der Waals surface area contributed by atoms with Crippen LogP contribution in [0, 0.1) is 0 Å². The predicted molar refractivity (Wildman–Crippen MR) is 101 cm³/mol. The van der Waals surface area contributed by atoms with Crippen LogP contribution in [-0.2, 0) is 0 Å². The van der Waals surface area contributed by atoms with Crippen LogP contribution < -0.4 is 10.2 Å². The molecule has 3 rings (SSSR count). The molecule has 0 spiro atoms. The summed E-state index contributed by atoms with van der Waals surface area (Å²) in [5.74, 6) is 1.76. The Hall–Kier alpha value is -2.14. The zero-order valence-corrected chi connectivity index (χ0v) is 14.7. The average Bonchev–Trinajstić information content (AvgIpc) is 2.63. The fraction of sp³-hybridized carbons (Fsp3) is 0.474. The van der Waals surface area contributed by atoms with Gasteiger partial charge in [0, 0.05) is 44.4 Å². The van der Waals surface area contributed by atoms with Crippen molar-refractivity contribution in [3.05, 3.63) is 36.4 Å². The quantitative estimate of drug-likeness (QED) is 0.827. The number of hydrogen-bond acceptors (Lipinski definition) is 5. The first-order valence-corrected chi connectivity index (χ1v) is 8.88. The molecular weight excluding hydrogens is 298 g/mol. The largest absolute Gasteiger partial charge is 0.370 e. The first kappa shape index (κ1) is 16.7. The van der Waals surface area contributed by atoms with Gasteiger partial charge in [0.15, 0.2) is 0 Å². The van der Waals surface area contributed by atoms with Gasteiger partial charge in [0.1, 0.15) is 5.82 Å². The lowest BCUT2D eigenvalue weighted by molar-refractivity contribution is 0.311.